The third kappa shape index (κ3) is 10.0. The molecule has 0 aliphatic rings. The van der Waals surface area contributed by atoms with Gasteiger partial charge in [0.05, 0.1) is 30.3 Å². The molecule has 0 saturated carbocycles. The first-order valence-corrected chi connectivity index (χ1v) is 17.1. The van der Waals surface area contributed by atoms with Gasteiger partial charge in [-0.05, 0) is 69.8 Å². The van der Waals surface area contributed by atoms with Gasteiger partial charge in [0.2, 0.25) is 0 Å². The van der Waals surface area contributed by atoms with Crippen molar-refractivity contribution in [2.75, 3.05) is 26.4 Å². The first-order valence-electron chi connectivity index (χ1n) is 16.7. The molecule has 2 N–H and O–H groups in total. The molecule has 256 valence electrons. The predicted octanol–water partition coefficient (Wildman–Crippen LogP) is 8.90. The number of rotatable bonds is 17. The predicted molar refractivity (Wildman–Crippen MR) is 197 cm³/mol. The number of esters is 2. The minimum Gasteiger partial charge on any atom is -0.461 e. The van der Waals surface area contributed by atoms with Crippen LogP contribution in [0.1, 0.15) is 55.7 Å². The number of aliphatic hydroxyl groups is 2. The maximum Gasteiger partial charge on any atom is 0.335 e. The molecule has 0 unspecified atom stereocenters. The zero-order valence-electron chi connectivity index (χ0n) is 28.3. The quantitative estimate of drug-likeness (QED) is 0.0657. The zero-order chi connectivity index (χ0) is 35.3. The lowest BCUT2D eigenvalue weighted by Crippen LogP contribution is -2.21. The van der Waals surface area contributed by atoms with Crippen LogP contribution in [0, 0.1) is 0 Å². The summed E-state index contributed by atoms with van der Waals surface area (Å²) in [7, 11) is 0. The fraction of sp³-hybridized carbons (Fsp3) is 0.286. The molecule has 4 rings (SSSR count). The molecule has 0 fully saturated rings. The molecule has 6 nitrogen and oxygen atoms in total. The van der Waals surface area contributed by atoms with Crippen molar-refractivity contribution in [1.29, 1.82) is 0 Å². The second-order valence-electron chi connectivity index (χ2n) is 12.1. The fourth-order valence-corrected chi connectivity index (χ4v) is 5.88. The van der Waals surface area contributed by atoms with Gasteiger partial charge < -0.3 is 19.7 Å². The van der Waals surface area contributed by atoms with Crippen molar-refractivity contribution in [3.05, 3.63) is 131 Å². The third-order valence-corrected chi connectivity index (χ3v) is 8.95. The number of hydrogen-bond acceptors (Lipinski definition) is 6. The summed E-state index contributed by atoms with van der Waals surface area (Å²) in [5, 5.41) is 19.0. The van der Waals surface area contributed by atoms with E-state index in [2.05, 4.69) is 69.5 Å². The van der Waals surface area contributed by atoms with Crippen LogP contribution in [0.25, 0.3) is 33.4 Å². The van der Waals surface area contributed by atoms with Crippen LogP contribution in [0.4, 0.5) is 0 Å². The lowest BCUT2D eigenvalue weighted by molar-refractivity contribution is -0.142. The van der Waals surface area contributed by atoms with E-state index in [1.54, 1.807) is 0 Å². The van der Waals surface area contributed by atoms with E-state index in [-0.39, 0.29) is 24.4 Å². The molecule has 0 saturated heterocycles. The number of unbranched alkanes of at least 4 members (excludes halogenated alkanes) is 2. The van der Waals surface area contributed by atoms with Crippen LogP contribution in [0.2, 0.25) is 5.02 Å². The molecule has 0 amide bonds. The number of benzene rings is 4. The molecule has 0 spiro atoms. The van der Waals surface area contributed by atoms with Gasteiger partial charge in [0.25, 0.3) is 0 Å². The lowest BCUT2D eigenvalue weighted by Gasteiger charge is -2.19. The van der Waals surface area contributed by atoms with Crippen LogP contribution >= 0.6 is 11.6 Å². The standard InChI is InChI=1S/C42H45ClO6/c1-5-7-8-9-31-16-19-36(22-30(31)6-2)32-14-17-35(18-15-32)39-21-20-37(23-40(39)43)33-10-12-34(13-11-33)38(26-48-41(46)28(3)24-44)27-49-42(47)29(4)25-45/h10-23,38,44-45H,3-9,24-27H2,1-2H3. The number of carbonyl (C=O) groups excluding carboxylic acids is 2. The maximum absolute atomic E-state index is 12.1. The molecule has 4 aromatic carbocycles. The molecule has 7 heteroatoms. The van der Waals surface area contributed by atoms with E-state index in [1.165, 1.54) is 41.5 Å². The molecule has 0 aliphatic heterocycles. The Balaban J connectivity index is 1.48. The van der Waals surface area contributed by atoms with Gasteiger partial charge in [0.15, 0.2) is 0 Å². The second kappa shape index (κ2) is 18.3. The Morgan fingerprint density at radius 2 is 1.18 bits per heavy atom. The summed E-state index contributed by atoms with van der Waals surface area (Å²) >= 11 is 6.83. The van der Waals surface area contributed by atoms with Crippen molar-refractivity contribution in [3.63, 3.8) is 0 Å². The van der Waals surface area contributed by atoms with Crippen LogP contribution in [0.3, 0.4) is 0 Å². The molecule has 0 radical (unpaired) electrons. The van der Waals surface area contributed by atoms with Gasteiger partial charge in [0.1, 0.15) is 13.2 Å². The Labute approximate surface area is 294 Å². The average Bonchev–Trinajstić information content (AvgIpc) is 3.14. The highest BCUT2D eigenvalue weighted by molar-refractivity contribution is 6.33. The van der Waals surface area contributed by atoms with Crippen LogP contribution < -0.4 is 0 Å². The number of ether oxygens (including phenoxy) is 2. The molecule has 0 atom stereocenters. The van der Waals surface area contributed by atoms with E-state index in [1.807, 2.05) is 42.5 Å². The third-order valence-electron chi connectivity index (χ3n) is 8.64. The topological polar surface area (TPSA) is 93.1 Å². The first kappa shape index (κ1) is 37.3. The highest BCUT2D eigenvalue weighted by atomic mass is 35.5. The maximum atomic E-state index is 12.1. The molecule has 0 aliphatic carbocycles. The molecule has 4 aromatic rings. The number of carbonyl (C=O) groups is 2. The summed E-state index contributed by atoms with van der Waals surface area (Å²) in [5.41, 5.74) is 9.68. The zero-order valence-corrected chi connectivity index (χ0v) is 29.1. The van der Waals surface area contributed by atoms with Gasteiger partial charge in [0, 0.05) is 10.6 Å². The van der Waals surface area contributed by atoms with Gasteiger partial charge in [-0.3, -0.25) is 0 Å². The SMILES string of the molecule is C=C(CO)C(=O)OCC(COC(=O)C(=C)CO)c1ccc(-c2ccc(-c3ccc(-c4ccc(CCCCC)c(CC)c4)cc3)c(Cl)c2)cc1. The minimum atomic E-state index is -0.739. The van der Waals surface area contributed by atoms with Crippen molar-refractivity contribution in [1.82, 2.24) is 0 Å². The number of aliphatic hydroxyl groups excluding tert-OH is 2. The Kier molecular flexibility index (Phi) is 14.0. The Morgan fingerprint density at radius 1 is 0.673 bits per heavy atom. The van der Waals surface area contributed by atoms with E-state index < -0.39 is 31.1 Å². The average molecular weight is 681 g/mol. The normalized spacial score (nSPS) is 11.0. The summed E-state index contributed by atoms with van der Waals surface area (Å²) in [6.45, 7) is 10.2. The molecule has 0 heterocycles. The minimum absolute atomic E-state index is 0.0793. The Bertz CT molecular complexity index is 1730. The van der Waals surface area contributed by atoms with Crippen molar-refractivity contribution < 1.29 is 29.3 Å². The van der Waals surface area contributed by atoms with Crippen molar-refractivity contribution >= 4 is 23.5 Å². The first-order chi connectivity index (χ1) is 23.7. The van der Waals surface area contributed by atoms with Crippen molar-refractivity contribution in [3.8, 4) is 33.4 Å². The van der Waals surface area contributed by atoms with Gasteiger partial charge in [-0.1, -0.05) is 130 Å². The smallest absolute Gasteiger partial charge is 0.335 e. The summed E-state index contributed by atoms with van der Waals surface area (Å²) in [6.07, 6.45) is 5.87. The van der Waals surface area contributed by atoms with E-state index in [0.717, 1.165) is 40.7 Å². The van der Waals surface area contributed by atoms with Crippen LogP contribution in [-0.2, 0) is 31.9 Å². The fourth-order valence-electron chi connectivity index (χ4n) is 5.59. The highest BCUT2D eigenvalue weighted by Gasteiger charge is 2.19. The van der Waals surface area contributed by atoms with Gasteiger partial charge in [-0.15, -0.1) is 0 Å². The van der Waals surface area contributed by atoms with Gasteiger partial charge in [-0.25, -0.2) is 9.59 Å². The van der Waals surface area contributed by atoms with E-state index in [9.17, 15) is 19.8 Å². The number of aryl methyl sites for hydroxylation is 2. The Morgan fingerprint density at radius 3 is 1.71 bits per heavy atom. The summed E-state index contributed by atoms with van der Waals surface area (Å²) < 4.78 is 10.6. The second-order valence-corrected chi connectivity index (χ2v) is 12.5. The van der Waals surface area contributed by atoms with E-state index >= 15 is 0 Å². The Hall–Kier alpha value is -4.49. The molecule has 0 bridgehead atoms. The number of hydrogen-bond donors (Lipinski definition) is 2. The van der Waals surface area contributed by atoms with Crippen LogP contribution in [0.15, 0.2) is 109 Å². The molecular weight excluding hydrogens is 636 g/mol. The monoisotopic (exact) mass is 680 g/mol. The van der Waals surface area contributed by atoms with E-state index in [0.29, 0.717) is 5.02 Å². The molecular formula is C42H45ClO6. The summed E-state index contributed by atoms with van der Waals surface area (Å²) in [4.78, 5) is 24.2. The van der Waals surface area contributed by atoms with Gasteiger partial charge >= 0.3 is 11.9 Å². The molecule has 49 heavy (non-hydrogen) atoms. The van der Waals surface area contributed by atoms with Crippen LogP contribution in [-0.4, -0.2) is 48.6 Å². The lowest BCUT2D eigenvalue weighted by atomic mass is 9.93. The van der Waals surface area contributed by atoms with Gasteiger partial charge in [-0.2, -0.15) is 0 Å². The largest absolute Gasteiger partial charge is 0.461 e. The number of halogens is 1. The van der Waals surface area contributed by atoms with E-state index in [4.69, 9.17) is 21.1 Å². The highest BCUT2D eigenvalue weighted by Crippen LogP contribution is 2.34. The van der Waals surface area contributed by atoms with Crippen molar-refractivity contribution in [2.45, 2.75) is 51.9 Å². The van der Waals surface area contributed by atoms with Crippen molar-refractivity contribution in [2.24, 2.45) is 0 Å². The summed E-state index contributed by atoms with van der Waals surface area (Å²) in [5.74, 6) is -1.99. The van der Waals surface area contributed by atoms with Crippen LogP contribution in [0.5, 0.6) is 0 Å². The molecule has 0 aromatic heterocycles. The summed E-state index contributed by atoms with van der Waals surface area (Å²) in [6, 6.07) is 28.9.